The van der Waals surface area contributed by atoms with Crippen LogP contribution in [0.15, 0.2) is 0 Å². The summed E-state index contributed by atoms with van der Waals surface area (Å²) in [4.78, 5) is 25.0. The fourth-order valence-electron chi connectivity index (χ4n) is 3.00. The minimum absolute atomic E-state index is 0.0128. The molecule has 1 atom stereocenters. The van der Waals surface area contributed by atoms with E-state index < -0.39 is 12.1 Å². The lowest BCUT2D eigenvalue weighted by atomic mass is 10.0. The molecule has 1 saturated heterocycles. The molecule has 1 heterocycles. The van der Waals surface area contributed by atoms with Crippen molar-refractivity contribution in [2.24, 2.45) is 16.7 Å². The van der Waals surface area contributed by atoms with E-state index in [1.807, 2.05) is 0 Å². The minimum atomic E-state index is -0.998. The summed E-state index contributed by atoms with van der Waals surface area (Å²) < 4.78 is 5.13. The van der Waals surface area contributed by atoms with Gasteiger partial charge in [0.2, 0.25) is 5.91 Å². The summed E-state index contributed by atoms with van der Waals surface area (Å²) in [5.41, 5.74) is -0.0256. The zero-order chi connectivity index (χ0) is 13.7. The van der Waals surface area contributed by atoms with Gasteiger partial charge < -0.3 is 14.7 Å². The predicted molar refractivity (Wildman–Crippen MR) is 65.0 cm³/mol. The van der Waals surface area contributed by atoms with E-state index in [2.05, 4.69) is 27.7 Å². The molecule has 0 aromatic carbocycles. The van der Waals surface area contributed by atoms with E-state index in [1.165, 1.54) is 0 Å². The van der Waals surface area contributed by atoms with Gasteiger partial charge in [0.15, 0.2) is 6.10 Å². The molecule has 0 aromatic heterocycles. The normalized spacial score (nSPS) is 30.0. The standard InChI is InChI=1S/C13H21NO4/c1-12(2)9(13(12,3)4)10(15)14-5-6-18-8(7-14)11(16)17/h8-9H,5-7H2,1-4H3,(H,16,17). The minimum Gasteiger partial charge on any atom is -0.479 e. The van der Waals surface area contributed by atoms with Crippen molar-refractivity contribution in [3.8, 4) is 0 Å². The Morgan fingerprint density at radius 3 is 2.22 bits per heavy atom. The Morgan fingerprint density at radius 1 is 1.22 bits per heavy atom. The highest BCUT2D eigenvalue weighted by molar-refractivity contribution is 5.85. The van der Waals surface area contributed by atoms with Gasteiger partial charge in [-0.2, -0.15) is 0 Å². The van der Waals surface area contributed by atoms with Crippen molar-refractivity contribution < 1.29 is 19.4 Å². The molecule has 1 saturated carbocycles. The van der Waals surface area contributed by atoms with Crippen LogP contribution in [0.5, 0.6) is 0 Å². The zero-order valence-corrected chi connectivity index (χ0v) is 11.4. The molecular weight excluding hydrogens is 234 g/mol. The maximum Gasteiger partial charge on any atom is 0.334 e. The second-order valence-electron chi connectivity index (χ2n) is 6.36. The summed E-state index contributed by atoms with van der Waals surface area (Å²) in [5, 5.41) is 8.93. The van der Waals surface area contributed by atoms with Gasteiger partial charge in [-0.25, -0.2) is 4.79 Å². The van der Waals surface area contributed by atoms with Gasteiger partial charge in [0.1, 0.15) is 0 Å². The molecular formula is C13H21NO4. The van der Waals surface area contributed by atoms with E-state index in [1.54, 1.807) is 4.90 Å². The lowest BCUT2D eigenvalue weighted by Crippen LogP contribution is -2.49. The Hall–Kier alpha value is -1.10. The first kappa shape index (κ1) is 13.3. The van der Waals surface area contributed by atoms with E-state index in [-0.39, 0.29) is 29.2 Å². The van der Waals surface area contributed by atoms with Gasteiger partial charge in [0.25, 0.3) is 0 Å². The fourth-order valence-corrected chi connectivity index (χ4v) is 3.00. The summed E-state index contributed by atoms with van der Waals surface area (Å²) in [6.45, 7) is 9.31. The number of carboxylic acids is 1. The van der Waals surface area contributed by atoms with Crippen molar-refractivity contribution in [3.05, 3.63) is 0 Å². The molecule has 0 spiro atoms. The van der Waals surface area contributed by atoms with Crippen molar-refractivity contribution in [1.82, 2.24) is 4.90 Å². The molecule has 1 N–H and O–H groups in total. The number of aliphatic carboxylic acids is 1. The number of ether oxygens (including phenoxy) is 1. The number of hydrogen-bond donors (Lipinski definition) is 1. The third-order valence-corrected chi connectivity index (χ3v) is 4.92. The molecule has 1 unspecified atom stereocenters. The van der Waals surface area contributed by atoms with Crippen molar-refractivity contribution >= 4 is 11.9 Å². The molecule has 1 aliphatic carbocycles. The second kappa shape index (κ2) is 3.95. The highest BCUT2D eigenvalue weighted by Crippen LogP contribution is 2.68. The summed E-state index contributed by atoms with van der Waals surface area (Å²) >= 11 is 0. The van der Waals surface area contributed by atoms with Gasteiger partial charge in [-0.1, -0.05) is 27.7 Å². The number of hydrogen-bond acceptors (Lipinski definition) is 3. The van der Waals surface area contributed by atoms with Crippen LogP contribution >= 0.6 is 0 Å². The lowest BCUT2D eigenvalue weighted by molar-refractivity contribution is -0.160. The third-order valence-electron chi connectivity index (χ3n) is 4.92. The van der Waals surface area contributed by atoms with Crippen molar-refractivity contribution in [1.29, 1.82) is 0 Å². The van der Waals surface area contributed by atoms with Crippen LogP contribution in [-0.2, 0) is 14.3 Å². The predicted octanol–water partition coefficient (Wildman–Crippen LogP) is 0.981. The maximum absolute atomic E-state index is 12.4. The highest BCUT2D eigenvalue weighted by atomic mass is 16.5. The highest BCUT2D eigenvalue weighted by Gasteiger charge is 2.68. The smallest absolute Gasteiger partial charge is 0.334 e. The Labute approximate surface area is 107 Å². The summed E-state index contributed by atoms with van der Waals surface area (Å²) in [5.74, 6) is -0.945. The second-order valence-corrected chi connectivity index (χ2v) is 6.36. The van der Waals surface area contributed by atoms with Gasteiger partial charge in [0, 0.05) is 12.5 Å². The van der Waals surface area contributed by atoms with Crippen LogP contribution in [0.3, 0.4) is 0 Å². The van der Waals surface area contributed by atoms with Gasteiger partial charge in [-0.05, 0) is 10.8 Å². The fraction of sp³-hybridized carbons (Fsp3) is 0.846. The van der Waals surface area contributed by atoms with E-state index in [0.717, 1.165) is 0 Å². The first-order valence-corrected chi connectivity index (χ1v) is 6.33. The molecule has 1 aliphatic heterocycles. The first-order valence-electron chi connectivity index (χ1n) is 6.33. The van der Waals surface area contributed by atoms with Crippen molar-refractivity contribution in [3.63, 3.8) is 0 Å². The average molecular weight is 255 g/mol. The number of amides is 1. The molecule has 2 fully saturated rings. The maximum atomic E-state index is 12.4. The average Bonchev–Trinajstić information content (AvgIpc) is 2.69. The Morgan fingerprint density at radius 2 is 1.78 bits per heavy atom. The molecule has 1 amide bonds. The number of rotatable bonds is 2. The molecule has 102 valence electrons. The van der Waals surface area contributed by atoms with E-state index in [0.29, 0.717) is 13.2 Å². The number of carbonyl (C=O) groups excluding carboxylic acids is 1. The molecule has 0 aromatic rings. The largest absolute Gasteiger partial charge is 0.479 e. The Balaban J connectivity index is 2.05. The SMILES string of the molecule is CC1(C)C(C(=O)N2CCOC(C(=O)O)C2)C1(C)C. The van der Waals surface area contributed by atoms with Gasteiger partial charge >= 0.3 is 5.97 Å². The van der Waals surface area contributed by atoms with Gasteiger partial charge in [-0.3, -0.25) is 4.79 Å². The monoisotopic (exact) mass is 255 g/mol. The number of morpholine rings is 1. The molecule has 5 nitrogen and oxygen atoms in total. The Bertz CT molecular complexity index is 374. The van der Waals surface area contributed by atoms with E-state index in [4.69, 9.17) is 9.84 Å². The van der Waals surface area contributed by atoms with Crippen molar-refractivity contribution in [2.75, 3.05) is 19.7 Å². The molecule has 2 aliphatic rings. The summed E-state index contributed by atoms with van der Waals surface area (Å²) in [6, 6.07) is 0. The van der Waals surface area contributed by atoms with Crippen LogP contribution in [0, 0.1) is 16.7 Å². The quantitative estimate of drug-likeness (QED) is 0.798. The zero-order valence-electron chi connectivity index (χ0n) is 11.4. The van der Waals surface area contributed by atoms with Crippen LogP contribution in [-0.4, -0.2) is 47.7 Å². The third kappa shape index (κ3) is 1.81. The number of nitrogens with zero attached hydrogens (tertiary/aromatic N) is 1. The van der Waals surface area contributed by atoms with Crippen molar-refractivity contribution in [2.45, 2.75) is 33.8 Å². The van der Waals surface area contributed by atoms with Gasteiger partial charge in [0.05, 0.1) is 13.2 Å². The molecule has 18 heavy (non-hydrogen) atoms. The van der Waals surface area contributed by atoms with E-state index in [9.17, 15) is 9.59 Å². The summed E-state index contributed by atoms with van der Waals surface area (Å²) in [7, 11) is 0. The lowest BCUT2D eigenvalue weighted by Gasteiger charge is -2.31. The molecule has 0 radical (unpaired) electrons. The van der Waals surface area contributed by atoms with Crippen LogP contribution in [0.4, 0.5) is 0 Å². The first-order chi connectivity index (χ1) is 8.19. The molecule has 0 bridgehead atoms. The number of carbonyl (C=O) groups is 2. The summed E-state index contributed by atoms with van der Waals surface area (Å²) in [6.07, 6.45) is -0.882. The topological polar surface area (TPSA) is 66.8 Å². The molecule has 5 heteroatoms. The van der Waals surface area contributed by atoms with Crippen LogP contribution in [0.2, 0.25) is 0 Å². The van der Waals surface area contributed by atoms with Gasteiger partial charge in [-0.15, -0.1) is 0 Å². The Kier molecular flexibility index (Phi) is 2.93. The van der Waals surface area contributed by atoms with Crippen LogP contribution < -0.4 is 0 Å². The van der Waals surface area contributed by atoms with Crippen LogP contribution in [0.25, 0.3) is 0 Å². The van der Waals surface area contributed by atoms with Crippen LogP contribution in [0.1, 0.15) is 27.7 Å². The number of carboxylic acid groups (broad SMARTS) is 1. The van der Waals surface area contributed by atoms with E-state index >= 15 is 0 Å². The molecule has 2 rings (SSSR count).